The Balaban J connectivity index is -0.0000000390. The first-order valence-corrected chi connectivity index (χ1v) is 7.25. The number of halogens is 4. The van der Waals surface area contributed by atoms with Crippen LogP contribution in [0.1, 0.15) is 51.4 Å². The molecule has 0 N–H and O–H groups in total. The molecule has 0 aromatic rings. The SMILES string of the molecule is C1=C\CC/C=C\CC/1.C1=C\CC/C=C\CC/1.FB(F)F.[CH3-].[CH3-].[CH3-].[CH3-].[F-].[Rh]. The van der Waals surface area contributed by atoms with Gasteiger partial charge in [0, 0.05) is 19.5 Å². The van der Waals surface area contributed by atoms with Gasteiger partial charge in [-0.2, -0.15) is 0 Å². The van der Waals surface area contributed by atoms with Crippen LogP contribution in [0, 0.1) is 29.7 Å². The summed E-state index contributed by atoms with van der Waals surface area (Å²) in [6.45, 7) is 0. The molecular weight excluding hydrogens is 430 g/mol. The maximum atomic E-state index is 9.67. The van der Waals surface area contributed by atoms with Crippen molar-refractivity contribution < 1.29 is 37.1 Å². The number of allylic oxidation sites excluding steroid dienone is 8. The van der Waals surface area contributed by atoms with Crippen LogP contribution in [0.3, 0.4) is 0 Å². The molecule has 0 atom stereocenters. The Hall–Kier alpha value is -0.632. The van der Waals surface area contributed by atoms with E-state index in [1.165, 1.54) is 51.4 Å². The predicted octanol–water partition coefficient (Wildman–Crippen LogP) is 5.03. The van der Waals surface area contributed by atoms with Crippen LogP contribution in [0.4, 0.5) is 12.9 Å². The Morgan fingerprint density at radius 2 is 0.500 bits per heavy atom. The molecular formula is C20H36BF4Rh-5. The van der Waals surface area contributed by atoms with Gasteiger partial charge in [0.25, 0.3) is 0 Å². The van der Waals surface area contributed by atoms with Crippen LogP contribution >= 0.6 is 0 Å². The Bertz CT molecular complexity index is 234. The van der Waals surface area contributed by atoms with Crippen molar-refractivity contribution in [3.8, 4) is 0 Å². The van der Waals surface area contributed by atoms with Gasteiger partial charge >= 0.3 is 7.54 Å². The molecule has 0 fully saturated rings. The van der Waals surface area contributed by atoms with Crippen LogP contribution in [0.2, 0.25) is 0 Å². The minimum atomic E-state index is -3.67. The zero-order valence-corrected chi connectivity index (χ0v) is 18.3. The summed E-state index contributed by atoms with van der Waals surface area (Å²) in [5, 5.41) is 0. The number of hydrogen-bond acceptors (Lipinski definition) is 0. The molecule has 0 aliphatic heterocycles. The van der Waals surface area contributed by atoms with Crippen LogP contribution in [0.25, 0.3) is 0 Å². The first-order chi connectivity index (χ1) is 9.73. The van der Waals surface area contributed by atoms with E-state index < -0.39 is 7.54 Å². The average molecular weight is 466 g/mol. The molecule has 161 valence electrons. The van der Waals surface area contributed by atoms with Gasteiger partial charge in [0.05, 0.1) is 0 Å². The molecule has 26 heavy (non-hydrogen) atoms. The van der Waals surface area contributed by atoms with E-state index in [2.05, 4.69) is 48.6 Å². The molecule has 2 aliphatic rings. The molecule has 0 heterocycles. The quantitative estimate of drug-likeness (QED) is 0.204. The van der Waals surface area contributed by atoms with E-state index in [0.717, 1.165) is 0 Å². The van der Waals surface area contributed by atoms with E-state index in [4.69, 9.17) is 0 Å². The summed E-state index contributed by atoms with van der Waals surface area (Å²) in [6, 6.07) is 0. The molecule has 2 aliphatic carbocycles. The van der Waals surface area contributed by atoms with E-state index in [1.807, 2.05) is 0 Å². The van der Waals surface area contributed by atoms with Gasteiger partial charge < -0.3 is 34.4 Å². The predicted molar refractivity (Wildman–Crippen MR) is 108 cm³/mol. The second-order valence-electron chi connectivity index (χ2n) is 4.44. The Morgan fingerprint density at radius 3 is 0.577 bits per heavy atom. The van der Waals surface area contributed by atoms with Crippen LogP contribution in [0.5, 0.6) is 0 Å². The molecule has 1 radical (unpaired) electrons. The van der Waals surface area contributed by atoms with Crippen LogP contribution in [-0.4, -0.2) is 7.54 Å². The Morgan fingerprint density at radius 1 is 0.423 bits per heavy atom. The molecule has 0 spiro atoms. The summed E-state index contributed by atoms with van der Waals surface area (Å²) >= 11 is 0. The maximum Gasteiger partial charge on any atom is 0.762 e. The monoisotopic (exact) mass is 466 g/mol. The standard InChI is InChI=1S/2C8H12.4CH3.BF3.FH.Rh/c2*1-2-4-6-8-7-5-3-1;;;;;2-1(3)4;;/h2*1-2,7-8H,3-6H2;4*1H3;;1H;/q;;4*-1;;;/p-1/b2*2-1-,8-7-;;;;;;;. The van der Waals surface area contributed by atoms with Gasteiger partial charge in [0.2, 0.25) is 0 Å². The van der Waals surface area contributed by atoms with Gasteiger partial charge in [0.15, 0.2) is 0 Å². The third-order valence-corrected chi connectivity index (χ3v) is 2.67. The van der Waals surface area contributed by atoms with E-state index in [1.54, 1.807) is 0 Å². The smallest absolute Gasteiger partial charge is 0.762 e. The topological polar surface area (TPSA) is 0 Å². The maximum absolute atomic E-state index is 9.67. The molecule has 0 saturated carbocycles. The largest absolute Gasteiger partial charge is 1.00 e. The van der Waals surface area contributed by atoms with Crippen molar-refractivity contribution in [1.29, 1.82) is 0 Å². The molecule has 0 unspecified atom stereocenters. The van der Waals surface area contributed by atoms with Crippen LogP contribution < -0.4 is 4.70 Å². The molecule has 2 rings (SSSR count). The zero-order valence-electron chi connectivity index (χ0n) is 16.7. The number of rotatable bonds is 0. The van der Waals surface area contributed by atoms with E-state index in [-0.39, 0.29) is 53.9 Å². The third-order valence-electron chi connectivity index (χ3n) is 2.67. The molecule has 6 heteroatoms. The second-order valence-corrected chi connectivity index (χ2v) is 4.44. The van der Waals surface area contributed by atoms with Gasteiger partial charge in [-0.3, -0.25) is 12.9 Å². The van der Waals surface area contributed by atoms with Crippen molar-refractivity contribution in [3.05, 3.63) is 78.3 Å². The molecule has 0 nitrogen and oxygen atoms in total. The van der Waals surface area contributed by atoms with Crippen molar-refractivity contribution in [3.63, 3.8) is 0 Å². The molecule has 0 amide bonds. The van der Waals surface area contributed by atoms with E-state index >= 15 is 0 Å². The summed E-state index contributed by atoms with van der Waals surface area (Å²) < 4.78 is 29.0. The second kappa shape index (κ2) is 39.4. The van der Waals surface area contributed by atoms with Crippen molar-refractivity contribution >= 4 is 7.54 Å². The van der Waals surface area contributed by atoms with Gasteiger partial charge in [-0.15, -0.1) is 0 Å². The Kier molecular flexibility index (Phi) is 67.7. The van der Waals surface area contributed by atoms with Crippen molar-refractivity contribution in [2.75, 3.05) is 0 Å². The number of hydrogen-bond donors (Lipinski definition) is 0. The van der Waals surface area contributed by atoms with E-state index in [0.29, 0.717) is 0 Å². The summed E-state index contributed by atoms with van der Waals surface area (Å²) in [6.07, 6.45) is 28.0. The minimum absolute atomic E-state index is 0. The average Bonchev–Trinajstić information content (AvgIpc) is 2.26. The van der Waals surface area contributed by atoms with Gasteiger partial charge in [-0.1, -0.05) is 48.6 Å². The fraction of sp³-hybridized carbons (Fsp3) is 0.400. The van der Waals surface area contributed by atoms with Gasteiger partial charge in [0.1, 0.15) is 0 Å². The normalized spacial score (nSPS) is 18.3. The molecule has 0 aromatic heterocycles. The fourth-order valence-corrected chi connectivity index (χ4v) is 1.71. The van der Waals surface area contributed by atoms with Gasteiger partial charge in [-0.25, -0.2) is 0 Å². The van der Waals surface area contributed by atoms with Crippen molar-refractivity contribution in [1.82, 2.24) is 0 Å². The molecule has 0 saturated heterocycles. The fourth-order valence-electron chi connectivity index (χ4n) is 1.71. The molecule has 0 aromatic carbocycles. The van der Waals surface area contributed by atoms with Gasteiger partial charge in [-0.05, 0) is 51.4 Å². The summed E-state index contributed by atoms with van der Waals surface area (Å²) in [4.78, 5) is 0. The first-order valence-electron chi connectivity index (χ1n) is 7.25. The van der Waals surface area contributed by atoms with Crippen LogP contribution in [-0.2, 0) is 19.5 Å². The van der Waals surface area contributed by atoms with Crippen molar-refractivity contribution in [2.45, 2.75) is 51.4 Å². The summed E-state index contributed by atoms with van der Waals surface area (Å²) in [5.41, 5.74) is 0. The van der Waals surface area contributed by atoms with Crippen LogP contribution in [0.15, 0.2) is 48.6 Å². The van der Waals surface area contributed by atoms with E-state index in [9.17, 15) is 12.9 Å². The van der Waals surface area contributed by atoms with Crippen molar-refractivity contribution in [2.24, 2.45) is 0 Å². The Labute approximate surface area is 174 Å². The minimum Gasteiger partial charge on any atom is -1.00 e. The molecule has 0 bridgehead atoms. The summed E-state index contributed by atoms with van der Waals surface area (Å²) in [7, 11) is -3.67. The first kappa shape index (κ1) is 44.6. The third kappa shape index (κ3) is 49.5. The summed E-state index contributed by atoms with van der Waals surface area (Å²) in [5.74, 6) is 0. The zero-order chi connectivity index (χ0) is 14.9.